The van der Waals surface area contributed by atoms with Gasteiger partial charge in [0.25, 0.3) is 0 Å². The lowest BCUT2D eigenvalue weighted by Gasteiger charge is -2.17. The van der Waals surface area contributed by atoms with Gasteiger partial charge >= 0.3 is 0 Å². The summed E-state index contributed by atoms with van der Waals surface area (Å²) in [5.41, 5.74) is 1.15. The van der Waals surface area contributed by atoms with Gasteiger partial charge in [-0.25, -0.2) is 0 Å². The van der Waals surface area contributed by atoms with Gasteiger partial charge < -0.3 is 9.84 Å². The van der Waals surface area contributed by atoms with E-state index in [2.05, 4.69) is 6.58 Å². The molecule has 0 radical (unpaired) electrons. The first-order valence-corrected chi connectivity index (χ1v) is 5.67. The van der Waals surface area contributed by atoms with E-state index in [-0.39, 0.29) is 12.2 Å². The second-order valence-electron chi connectivity index (χ2n) is 4.03. The molecule has 0 fully saturated rings. The molecule has 0 spiro atoms. The van der Waals surface area contributed by atoms with Crippen LogP contribution in [0, 0.1) is 0 Å². The molecular formula is C14H20O2. The van der Waals surface area contributed by atoms with E-state index < -0.39 is 0 Å². The molecule has 88 valence electrons. The quantitative estimate of drug-likeness (QED) is 0.716. The van der Waals surface area contributed by atoms with Crippen LogP contribution in [0.4, 0.5) is 0 Å². The number of rotatable bonds is 7. The maximum atomic E-state index is 9.33. The zero-order chi connectivity index (χ0) is 11.8. The molecule has 1 N–H and O–H groups in total. The molecule has 0 aliphatic carbocycles. The zero-order valence-electron chi connectivity index (χ0n) is 9.80. The topological polar surface area (TPSA) is 29.5 Å². The van der Waals surface area contributed by atoms with E-state index in [1.165, 1.54) is 0 Å². The van der Waals surface area contributed by atoms with E-state index in [1.54, 1.807) is 6.92 Å². The summed E-state index contributed by atoms with van der Waals surface area (Å²) in [6, 6.07) is 10.0. The summed E-state index contributed by atoms with van der Waals surface area (Å²) in [6.07, 6.45) is 2.98. The molecule has 0 amide bonds. The molecule has 1 aromatic carbocycles. The molecule has 0 aliphatic rings. The first-order chi connectivity index (χ1) is 7.72. The number of hydrogen-bond donors (Lipinski definition) is 1. The van der Waals surface area contributed by atoms with Crippen LogP contribution < -0.4 is 0 Å². The van der Waals surface area contributed by atoms with Crippen molar-refractivity contribution < 1.29 is 9.84 Å². The summed E-state index contributed by atoms with van der Waals surface area (Å²) in [7, 11) is 0. The lowest BCUT2D eigenvalue weighted by atomic mass is 10.1. The average Bonchev–Trinajstić information content (AvgIpc) is 2.27. The van der Waals surface area contributed by atoms with Crippen molar-refractivity contribution in [3.63, 3.8) is 0 Å². The van der Waals surface area contributed by atoms with Gasteiger partial charge in [-0.05, 0) is 25.3 Å². The van der Waals surface area contributed by atoms with Crippen molar-refractivity contribution in [2.75, 3.05) is 0 Å². The van der Waals surface area contributed by atoms with Gasteiger partial charge in [0.15, 0.2) is 0 Å². The fourth-order valence-electron chi connectivity index (χ4n) is 1.59. The summed E-state index contributed by atoms with van der Waals surface area (Å²) in [5.74, 6) is 0. The Morgan fingerprint density at radius 1 is 1.38 bits per heavy atom. The van der Waals surface area contributed by atoms with E-state index in [0.29, 0.717) is 13.0 Å². The predicted octanol–water partition coefficient (Wildman–Crippen LogP) is 2.92. The van der Waals surface area contributed by atoms with Gasteiger partial charge in [0.05, 0.1) is 18.8 Å². The van der Waals surface area contributed by atoms with E-state index >= 15 is 0 Å². The van der Waals surface area contributed by atoms with Crippen molar-refractivity contribution in [1.82, 2.24) is 0 Å². The van der Waals surface area contributed by atoms with Gasteiger partial charge in [-0.3, -0.25) is 0 Å². The van der Waals surface area contributed by atoms with Crippen LogP contribution in [0.15, 0.2) is 43.0 Å². The van der Waals surface area contributed by atoms with Crippen molar-refractivity contribution in [3.05, 3.63) is 48.6 Å². The van der Waals surface area contributed by atoms with Gasteiger partial charge in [-0.2, -0.15) is 0 Å². The van der Waals surface area contributed by atoms with Gasteiger partial charge in [0.2, 0.25) is 0 Å². The van der Waals surface area contributed by atoms with Crippen LogP contribution in [-0.2, 0) is 11.3 Å². The lowest BCUT2D eigenvalue weighted by Crippen LogP contribution is -2.18. The number of aliphatic hydroxyl groups is 1. The Kier molecular flexibility index (Phi) is 5.83. The highest BCUT2D eigenvalue weighted by molar-refractivity contribution is 5.13. The molecule has 0 aromatic heterocycles. The summed E-state index contributed by atoms with van der Waals surface area (Å²) < 4.78 is 5.75. The fourth-order valence-corrected chi connectivity index (χ4v) is 1.59. The minimum Gasteiger partial charge on any atom is -0.393 e. The lowest BCUT2D eigenvalue weighted by molar-refractivity contribution is 0.00987. The van der Waals surface area contributed by atoms with Gasteiger partial charge in [0.1, 0.15) is 0 Å². The Balaban J connectivity index is 2.40. The van der Waals surface area contributed by atoms with Crippen LogP contribution >= 0.6 is 0 Å². The third-order valence-electron chi connectivity index (χ3n) is 2.36. The smallest absolute Gasteiger partial charge is 0.0720 e. The Hall–Kier alpha value is -1.12. The van der Waals surface area contributed by atoms with Gasteiger partial charge in [-0.15, -0.1) is 6.58 Å². The van der Waals surface area contributed by atoms with Crippen molar-refractivity contribution in [2.24, 2.45) is 0 Å². The second-order valence-corrected chi connectivity index (χ2v) is 4.03. The standard InChI is InChI=1S/C14H20O2/c1-3-7-14(10-12(2)15)16-11-13-8-5-4-6-9-13/h3-6,8-9,12,14-15H,1,7,10-11H2,2H3/t12-,14-/m1/s1. The molecule has 0 unspecified atom stereocenters. The SMILES string of the molecule is C=CC[C@H](C[C@@H](C)O)OCc1ccccc1. The summed E-state index contributed by atoms with van der Waals surface area (Å²) in [6.45, 7) is 6.07. The van der Waals surface area contributed by atoms with E-state index in [9.17, 15) is 5.11 Å². The maximum absolute atomic E-state index is 9.33. The normalized spacial score (nSPS) is 14.4. The molecule has 0 saturated heterocycles. The maximum Gasteiger partial charge on any atom is 0.0720 e. The van der Waals surface area contributed by atoms with Crippen LogP contribution in [0.25, 0.3) is 0 Å². The van der Waals surface area contributed by atoms with Crippen LogP contribution in [-0.4, -0.2) is 17.3 Å². The molecule has 1 rings (SSSR count). The van der Waals surface area contributed by atoms with Crippen LogP contribution in [0.1, 0.15) is 25.3 Å². The molecule has 2 atom stereocenters. The Morgan fingerprint density at radius 3 is 2.62 bits per heavy atom. The Morgan fingerprint density at radius 2 is 2.06 bits per heavy atom. The van der Waals surface area contributed by atoms with E-state index in [4.69, 9.17) is 4.74 Å². The van der Waals surface area contributed by atoms with Crippen LogP contribution in [0.2, 0.25) is 0 Å². The monoisotopic (exact) mass is 220 g/mol. The number of hydrogen-bond acceptors (Lipinski definition) is 2. The van der Waals surface area contributed by atoms with Gasteiger partial charge in [0, 0.05) is 0 Å². The highest BCUT2D eigenvalue weighted by Gasteiger charge is 2.10. The summed E-state index contributed by atoms with van der Waals surface area (Å²) in [4.78, 5) is 0. The predicted molar refractivity (Wildman–Crippen MR) is 66.1 cm³/mol. The molecule has 1 aromatic rings. The fraction of sp³-hybridized carbons (Fsp3) is 0.429. The highest BCUT2D eigenvalue weighted by Crippen LogP contribution is 2.11. The third kappa shape index (κ3) is 5.10. The zero-order valence-corrected chi connectivity index (χ0v) is 9.80. The largest absolute Gasteiger partial charge is 0.393 e. The number of ether oxygens (including phenoxy) is 1. The summed E-state index contributed by atoms with van der Waals surface area (Å²) >= 11 is 0. The Bertz CT molecular complexity index is 293. The minimum absolute atomic E-state index is 0.0534. The van der Waals surface area contributed by atoms with Crippen LogP contribution in [0.5, 0.6) is 0 Å². The van der Waals surface area contributed by atoms with Crippen molar-refractivity contribution >= 4 is 0 Å². The molecule has 2 heteroatoms. The van der Waals surface area contributed by atoms with Crippen molar-refractivity contribution in [2.45, 2.75) is 38.6 Å². The van der Waals surface area contributed by atoms with E-state index in [0.717, 1.165) is 12.0 Å². The summed E-state index contributed by atoms with van der Waals surface area (Å²) in [5, 5.41) is 9.33. The van der Waals surface area contributed by atoms with Crippen molar-refractivity contribution in [1.29, 1.82) is 0 Å². The third-order valence-corrected chi connectivity index (χ3v) is 2.36. The van der Waals surface area contributed by atoms with Crippen molar-refractivity contribution in [3.8, 4) is 0 Å². The first kappa shape index (κ1) is 12.9. The highest BCUT2D eigenvalue weighted by atomic mass is 16.5. The molecule has 2 nitrogen and oxygen atoms in total. The average molecular weight is 220 g/mol. The molecule has 0 aliphatic heterocycles. The molecule has 0 bridgehead atoms. The molecule has 0 heterocycles. The second kappa shape index (κ2) is 7.20. The minimum atomic E-state index is -0.333. The van der Waals surface area contributed by atoms with E-state index in [1.807, 2.05) is 36.4 Å². The first-order valence-electron chi connectivity index (χ1n) is 5.67. The molecular weight excluding hydrogens is 200 g/mol. The molecule has 0 saturated carbocycles. The molecule has 16 heavy (non-hydrogen) atoms. The number of benzene rings is 1. The Labute approximate surface area is 97.6 Å². The van der Waals surface area contributed by atoms with Gasteiger partial charge in [-0.1, -0.05) is 36.4 Å². The number of aliphatic hydroxyl groups excluding tert-OH is 1. The van der Waals surface area contributed by atoms with Crippen LogP contribution in [0.3, 0.4) is 0 Å².